The Morgan fingerprint density at radius 1 is 1.08 bits per heavy atom. The number of carbonyl (C=O) groups excluding carboxylic acids is 2. The number of rotatable bonds is 2. The first-order valence-electron chi connectivity index (χ1n) is 9.37. The van der Waals surface area contributed by atoms with Crippen LogP contribution in [0.15, 0.2) is 24.5 Å². The molecule has 0 N–H and O–H groups in total. The molecule has 25 heavy (non-hydrogen) atoms. The quantitative estimate of drug-likeness (QED) is 0.829. The molecule has 0 bridgehead atoms. The molecule has 0 aromatic carbocycles. The van der Waals surface area contributed by atoms with Crippen molar-refractivity contribution in [1.82, 2.24) is 14.8 Å². The van der Waals surface area contributed by atoms with Gasteiger partial charge in [-0.25, -0.2) is 0 Å². The van der Waals surface area contributed by atoms with Crippen molar-refractivity contribution in [3.05, 3.63) is 30.1 Å². The Morgan fingerprint density at radius 3 is 2.44 bits per heavy atom. The number of likely N-dealkylation sites (tertiary alicyclic amines) is 2. The molecule has 2 saturated heterocycles. The van der Waals surface area contributed by atoms with E-state index in [1.807, 2.05) is 42.7 Å². The molecule has 5 nitrogen and oxygen atoms in total. The summed E-state index contributed by atoms with van der Waals surface area (Å²) in [4.78, 5) is 33.8. The van der Waals surface area contributed by atoms with Gasteiger partial charge in [-0.2, -0.15) is 0 Å². The number of amides is 2. The summed E-state index contributed by atoms with van der Waals surface area (Å²) < 4.78 is 0. The summed E-state index contributed by atoms with van der Waals surface area (Å²) in [6, 6.07) is 4.17. The van der Waals surface area contributed by atoms with Crippen LogP contribution in [0.25, 0.3) is 0 Å². The summed E-state index contributed by atoms with van der Waals surface area (Å²) in [5, 5.41) is 0. The van der Waals surface area contributed by atoms with Crippen LogP contribution in [0.5, 0.6) is 0 Å². The molecule has 0 spiro atoms. The van der Waals surface area contributed by atoms with E-state index in [0.29, 0.717) is 6.54 Å². The first-order chi connectivity index (χ1) is 11.9. The lowest BCUT2D eigenvalue weighted by atomic mass is 9.90. The SMILES string of the molecule is CC(C)(C)C(=O)N1CCCC(C(=O)N2CCCC2c2ccncc2)C1. The van der Waals surface area contributed by atoms with Gasteiger partial charge in [0.1, 0.15) is 0 Å². The fourth-order valence-corrected chi connectivity index (χ4v) is 4.03. The van der Waals surface area contributed by atoms with Gasteiger partial charge in [-0.3, -0.25) is 14.6 Å². The van der Waals surface area contributed by atoms with E-state index in [0.717, 1.165) is 38.8 Å². The molecule has 2 amide bonds. The van der Waals surface area contributed by atoms with Gasteiger partial charge in [0.15, 0.2) is 0 Å². The molecule has 2 aliphatic rings. The van der Waals surface area contributed by atoms with Crippen molar-refractivity contribution in [3.63, 3.8) is 0 Å². The van der Waals surface area contributed by atoms with E-state index >= 15 is 0 Å². The molecule has 2 atom stereocenters. The maximum atomic E-state index is 13.2. The van der Waals surface area contributed by atoms with Gasteiger partial charge in [-0.15, -0.1) is 0 Å². The molecule has 136 valence electrons. The van der Waals surface area contributed by atoms with Gasteiger partial charge in [0, 0.05) is 37.4 Å². The maximum Gasteiger partial charge on any atom is 0.227 e. The van der Waals surface area contributed by atoms with Crippen LogP contribution in [0.2, 0.25) is 0 Å². The van der Waals surface area contributed by atoms with Crippen molar-refractivity contribution < 1.29 is 9.59 Å². The molecular formula is C20H29N3O2. The summed E-state index contributed by atoms with van der Waals surface area (Å²) in [5.74, 6) is 0.297. The molecule has 1 aromatic heterocycles. The molecule has 2 unspecified atom stereocenters. The number of carbonyl (C=O) groups is 2. The zero-order chi connectivity index (χ0) is 18.0. The second kappa shape index (κ2) is 7.14. The first-order valence-corrected chi connectivity index (χ1v) is 9.37. The van der Waals surface area contributed by atoms with Crippen LogP contribution in [0, 0.1) is 11.3 Å². The predicted octanol–water partition coefficient (Wildman–Crippen LogP) is 3.03. The molecule has 5 heteroatoms. The Hall–Kier alpha value is -1.91. The van der Waals surface area contributed by atoms with Crippen LogP contribution >= 0.6 is 0 Å². The van der Waals surface area contributed by atoms with Crippen LogP contribution in [0.3, 0.4) is 0 Å². The lowest BCUT2D eigenvalue weighted by molar-refractivity contribution is -0.145. The number of pyridine rings is 1. The fourth-order valence-electron chi connectivity index (χ4n) is 4.03. The topological polar surface area (TPSA) is 53.5 Å². The van der Waals surface area contributed by atoms with Crippen LogP contribution in [0.1, 0.15) is 58.1 Å². The second-order valence-corrected chi connectivity index (χ2v) is 8.31. The summed E-state index contributed by atoms with van der Waals surface area (Å²) in [7, 11) is 0. The Balaban J connectivity index is 1.71. The lowest BCUT2D eigenvalue weighted by Gasteiger charge is -2.38. The standard InChI is InChI=1S/C20H29N3O2/c1-20(2,3)19(25)22-12-4-6-16(14-22)18(24)23-13-5-7-17(23)15-8-10-21-11-9-15/h8-11,16-17H,4-7,12-14H2,1-3H3. The molecule has 0 saturated carbocycles. The van der Waals surface area contributed by atoms with Crippen molar-refractivity contribution in [2.24, 2.45) is 11.3 Å². The van der Waals surface area contributed by atoms with Crippen molar-refractivity contribution in [2.45, 2.75) is 52.5 Å². The van der Waals surface area contributed by atoms with E-state index in [-0.39, 0.29) is 23.8 Å². The van der Waals surface area contributed by atoms with Crippen molar-refractivity contribution in [1.29, 1.82) is 0 Å². The van der Waals surface area contributed by atoms with Gasteiger partial charge < -0.3 is 9.80 Å². The highest BCUT2D eigenvalue weighted by Crippen LogP contribution is 2.34. The third-order valence-electron chi connectivity index (χ3n) is 5.33. The minimum atomic E-state index is -0.391. The summed E-state index contributed by atoms with van der Waals surface area (Å²) in [6.45, 7) is 7.99. The van der Waals surface area contributed by atoms with Gasteiger partial charge in [0.25, 0.3) is 0 Å². The maximum absolute atomic E-state index is 13.2. The van der Waals surface area contributed by atoms with Gasteiger partial charge in [-0.1, -0.05) is 20.8 Å². The normalized spacial score (nSPS) is 24.4. The minimum absolute atomic E-state index is 0.0671. The molecule has 0 aliphatic carbocycles. The first kappa shape index (κ1) is 17.9. The smallest absolute Gasteiger partial charge is 0.227 e. The van der Waals surface area contributed by atoms with Crippen LogP contribution in [-0.2, 0) is 9.59 Å². The Kier molecular flexibility index (Phi) is 5.11. The molecule has 0 radical (unpaired) electrons. The average molecular weight is 343 g/mol. The van der Waals surface area contributed by atoms with E-state index in [2.05, 4.69) is 4.98 Å². The Morgan fingerprint density at radius 2 is 1.76 bits per heavy atom. The fraction of sp³-hybridized carbons (Fsp3) is 0.650. The molecule has 3 rings (SSSR count). The van der Waals surface area contributed by atoms with Crippen LogP contribution in [-0.4, -0.2) is 46.2 Å². The van der Waals surface area contributed by atoms with Crippen LogP contribution in [0.4, 0.5) is 0 Å². The number of hydrogen-bond donors (Lipinski definition) is 0. The van der Waals surface area contributed by atoms with Gasteiger partial charge in [0.05, 0.1) is 12.0 Å². The number of hydrogen-bond acceptors (Lipinski definition) is 3. The van der Waals surface area contributed by atoms with Gasteiger partial charge in [-0.05, 0) is 43.4 Å². The predicted molar refractivity (Wildman–Crippen MR) is 96.7 cm³/mol. The average Bonchev–Trinajstić information content (AvgIpc) is 3.10. The minimum Gasteiger partial charge on any atom is -0.341 e. The van der Waals surface area contributed by atoms with Gasteiger partial charge >= 0.3 is 0 Å². The third kappa shape index (κ3) is 3.86. The molecule has 2 fully saturated rings. The Labute approximate surface area is 150 Å². The van der Waals surface area contributed by atoms with E-state index < -0.39 is 5.41 Å². The zero-order valence-corrected chi connectivity index (χ0v) is 15.6. The molecular weight excluding hydrogens is 314 g/mol. The van der Waals surface area contributed by atoms with E-state index in [1.165, 1.54) is 5.56 Å². The van der Waals surface area contributed by atoms with Crippen molar-refractivity contribution in [2.75, 3.05) is 19.6 Å². The largest absolute Gasteiger partial charge is 0.341 e. The summed E-state index contributed by atoms with van der Waals surface area (Å²) >= 11 is 0. The van der Waals surface area contributed by atoms with Crippen molar-refractivity contribution >= 4 is 11.8 Å². The van der Waals surface area contributed by atoms with Gasteiger partial charge in [0.2, 0.25) is 11.8 Å². The van der Waals surface area contributed by atoms with Crippen molar-refractivity contribution in [3.8, 4) is 0 Å². The van der Waals surface area contributed by atoms with E-state index in [1.54, 1.807) is 12.4 Å². The second-order valence-electron chi connectivity index (χ2n) is 8.31. The van der Waals surface area contributed by atoms with Crippen LogP contribution < -0.4 is 0 Å². The molecule has 1 aromatic rings. The zero-order valence-electron chi connectivity index (χ0n) is 15.6. The number of aromatic nitrogens is 1. The summed E-state index contributed by atoms with van der Waals surface area (Å²) in [5.41, 5.74) is 0.775. The van der Waals surface area contributed by atoms with E-state index in [4.69, 9.17) is 0 Å². The summed E-state index contributed by atoms with van der Waals surface area (Å²) in [6.07, 6.45) is 7.42. The number of piperidine rings is 1. The number of nitrogens with zero attached hydrogens (tertiary/aromatic N) is 3. The highest BCUT2D eigenvalue weighted by atomic mass is 16.2. The molecule has 2 aliphatic heterocycles. The lowest BCUT2D eigenvalue weighted by Crippen LogP contribution is -2.49. The molecule has 3 heterocycles. The third-order valence-corrected chi connectivity index (χ3v) is 5.33. The van der Waals surface area contributed by atoms with E-state index in [9.17, 15) is 9.59 Å². The monoisotopic (exact) mass is 343 g/mol. The Bertz CT molecular complexity index is 624. The highest BCUT2D eigenvalue weighted by Gasteiger charge is 2.38. The highest BCUT2D eigenvalue weighted by molar-refractivity contribution is 5.84.